The number of nitrogens with zero attached hydrogens (tertiary/aromatic N) is 1. The van der Waals surface area contributed by atoms with Crippen molar-refractivity contribution >= 4 is 23.2 Å². The molecule has 0 aliphatic rings. The van der Waals surface area contributed by atoms with Crippen LogP contribution in [-0.4, -0.2) is 36.6 Å². The van der Waals surface area contributed by atoms with Crippen LogP contribution >= 0.6 is 11.3 Å². The first-order chi connectivity index (χ1) is 12.9. The van der Waals surface area contributed by atoms with Crippen LogP contribution in [0.15, 0.2) is 29.6 Å². The number of benzene rings is 1. The smallest absolute Gasteiger partial charge is 0.328 e. The van der Waals surface area contributed by atoms with E-state index < -0.39 is 12.0 Å². The molecule has 1 aromatic heterocycles. The molecule has 7 heteroatoms. The molecular formula is C20H26N2O4S. The van der Waals surface area contributed by atoms with Crippen molar-refractivity contribution in [2.24, 2.45) is 5.92 Å². The number of para-hydroxylation sites is 1. The lowest BCUT2D eigenvalue weighted by molar-refractivity contribution is -0.145. The molecule has 1 heterocycles. The quantitative estimate of drug-likeness (QED) is 0.664. The van der Waals surface area contributed by atoms with E-state index in [4.69, 9.17) is 9.47 Å². The summed E-state index contributed by atoms with van der Waals surface area (Å²) in [6.07, 6.45) is 0.640. The molecule has 0 aliphatic carbocycles. The minimum Gasteiger partial charge on any atom is -0.493 e. The predicted molar refractivity (Wildman–Crippen MR) is 106 cm³/mol. The highest BCUT2D eigenvalue weighted by Gasteiger charge is 2.23. The molecule has 0 saturated heterocycles. The monoisotopic (exact) mass is 390 g/mol. The number of thiazole rings is 1. The third-order valence-corrected chi connectivity index (χ3v) is 4.76. The van der Waals surface area contributed by atoms with E-state index in [1.165, 1.54) is 18.4 Å². The summed E-state index contributed by atoms with van der Waals surface area (Å²) in [5.74, 6) is 0.353. The molecular weight excluding hydrogens is 364 g/mol. The fourth-order valence-corrected chi connectivity index (χ4v) is 3.52. The van der Waals surface area contributed by atoms with Gasteiger partial charge in [0.1, 0.15) is 16.8 Å². The number of carbonyl (C=O) groups is 2. The van der Waals surface area contributed by atoms with Gasteiger partial charge in [0.15, 0.2) is 0 Å². The Balaban J connectivity index is 2.06. The van der Waals surface area contributed by atoms with Gasteiger partial charge in [-0.1, -0.05) is 26.0 Å². The number of amides is 1. The van der Waals surface area contributed by atoms with E-state index in [1.807, 2.05) is 50.4 Å². The Morgan fingerprint density at radius 1 is 1.26 bits per heavy atom. The van der Waals surface area contributed by atoms with Crippen molar-refractivity contribution in [3.8, 4) is 16.3 Å². The lowest BCUT2D eigenvalue weighted by Crippen LogP contribution is -2.43. The van der Waals surface area contributed by atoms with Crippen LogP contribution in [0.2, 0.25) is 0 Å². The number of nitrogens with one attached hydrogen (secondary N) is 1. The molecule has 1 atom stereocenters. The van der Waals surface area contributed by atoms with Crippen LogP contribution in [-0.2, 0) is 20.7 Å². The van der Waals surface area contributed by atoms with E-state index in [9.17, 15) is 9.59 Å². The molecule has 0 saturated carbocycles. The largest absolute Gasteiger partial charge is 0.493 e. The second-order valence-electron chi connectivity index (χ2n) is 6.52. The van der Waals surface area contributed by atoms with Gasteiger partial charge in [-0.15, -0.1) is 11.3 Å². The maximum Gasteiger partial charge on any atom is 0.328 e. The van der Waals surface area contributed by atoms with Gasteiger partial charge in [0, 0.05) is 5.38 Å². The molecule has 0 radical (unpaired) electrons. The van der Waals surface area contributed by atoms with Crippen LogP contribution in [0.5, 0.6) is 5.75 Å². The Kier molecular flexibility index (Phi) is 7.79. The summed E-state index contributed by atoms with van der Waals surface area (Å²) in [7, 11) is 1.32. The molecule has 0 spiro atoms. The fourth-order valence-electron chi connectivity index (χ4n) is 2.67. The van der Waals surface area contributed by atoms with Crippen molar-refractivity contribution in [2.45, 2.75) is 39.7 Å². The topological polar surface area (TPSA) is 77.5 Å². The van der Waals surface area contributed by atoms with Gasteiger partial charge in [-0.25, -0.2) is 9.78 Å². The van der Waals surface area contributed by atoms with Gasteiger partial charge in [-0.3, -0.25) is 4.79 Å². The summed E-state index contributed by atoms with van der Waals surface area (Å²) in [5.41, 5.74) is 1.57. The second kappa shape index (κ2) is 10.1. The van der Waals surface area contributed by atoms with E-state index in [1.54, 1.807) is 0 Å². The van der Waals surface area contributed by atoms with E-state index in [0.717, 1.165) is 16.3 Å². The molecule has 1 N–H and O–H groups in total. The number of hydrogen-bond acceptors (Lipinski definition) is 6. The average Bonchev–Trinajstić information content (AvgIpc) is 3.09. The van der Waals surface area contributed by atoms with Gasteiger partial charge < -0.3 is 14.8 Å². The Labute approximate surface area is 163 Å². The number of ether oxygens (including phenoxy) is 2. The number of esters is 1. The first-order valence-corrected chi connectivity index (χ1v) is 9.86. The SMILES string of the molecule is CCOc1ccccc1-c1nc(CC(=O)NC(CC(C)C)C(=O)OC)cs1. The molecule has 2 aromatic rings. The van der Waals surface area contributed by atoms with Crippen LogP contribution in [0.25, 0.3) is 10.6 Å². The average molecular weight is 391 g/mol. The summed E-state index contributed by atoms with van der Waals surface area (Å²) in [6.45, 7) is 6.49. The molecule has 1 unspecified atom stereocenters. The van der Waals surface area contributed by atoms with E-state index in [2.05, 4.69) is 10.3 Å². The first kappa shape index (κ1) is 20.9. The van der Waals surface area contributed by atoms with Gasteiger partial charge in [0.2, 0.25) is 5.91 Å². The summed E-state index contributed by atoms with van der Waals surface area (Å²) in [5, 5.41) is 5.41. The van der Waals surface area contributed by atoms with Crippen molar-refractivity contribution in [2.75, 3.05) is 13.7 Å². The van der Waals surface area contributed by atoms with Crippen molar-refractivity contribution in [1.82, 2.24) is 10.3 Å². The van der Waals surface area contributed by atoms with Crippen molar-refractivity contribution in [3.63, 3.8) is 0 Å². The maximum absolute atomic E-state index is 12.4. The molecule has 6 nitrogen and oxygen atoms in total. The normalized spacial score (nSPS) is 11.9. The molecule has 2 rings (SSSR count). The third kappa shape index (κ3) is 6.06. The fraction of sp³-hybridized carbons (Fsp3) is 0.450. The molecule has 1 amide bonds. The first-order valence-electron chi connectivity index (χ1n) is 8.98. The zero-order valence-electron chi connectivity index (χ0n) is 16.2. The molecule has 27 heavy (non-hydrogen) atoms. The number of hydrogen-bond donors (Lipinski definition) is 1. The van der Waals surface area contributed by atoms with E-state index >= 15 is 0 Å². The Hall–Kier alpha value is -2.41. The number of rotatable bonds is 9. The van der Waals surface area contributed by atoms with Gasteiger partial charge in [-0.2, -0.15) is 0 Å². The Morgan fingerprint density at radius 2 is 2.00 bits per heavy atom. The number of carbonyl (C=O) groups excluding carboxylic acids is 2. The summed E-state index contributed by atoms with van der Waals surface area (Å²) in [6, 6.07) is 7.05. The maximum atomic E-state index is 12.4. The molecule has 0 bridgehead atoms. The van der Waals surface area contributed by atoms with Crippen LogP contribution in [0.1, 0.15) is 32.9 Å². The van der Waals surface area contributed by atoms with Crippen molar-refractivity contribution in [3.05, 3.63) is 35.3 Å². The van der Waals surface area contributed by atoms with Crippen LogP contribution in [0, 0.1) is 5.92 Å². The Bertz CT molecular complexity index is 773. The third-order valence-electron chi connectivity index (χ3n) is 3.84. The van der Waals surface area contributed by atoms with Gasteiger partial charge in [0.05, 0.1) is 31.4 Å². The second-order valence-corrected chi connectivity index (χ2v) is 7.38. The van der Waals surface area contributed by atoms with Gasteiger partial charge in [0.25, 0.3) is 0 Å². The summed E-state index contributed by atoms with van der Waals surface area (Å²) >= 11 is 1.46. The molecule has 0 fully saturated rings. The van der Waals surface area contributed by atoms with Crippen LogP contribution < -0.4 is 10.1 Å². The van der Waals surface area contributed by atoms with E-state index in [-0.39, 0.29) is 18.2 Å². The highest BCUT2D eigenvalue weighted by Crippen LogP contribution is 2.32. The van der Waals surface area contributed by atoms with Crippen LogP contribution in [0.3, 0.4) is 0 Å². The van der Waals surface area contributed by atoms with E-state index in [0.29, 0.717) is 18.7 Å². The summed E-state index contributed by atoms with van der Waals surface area (Å²) in [4.78, 5) is 28.8. The standard InChI is InChI=1S/C20H26N2O4S/c1-5-26-17-9-7-6-8-15(17)19-21-14(12-27-19)11-18(23)22-16(10-13(2)3)20(24)25-4/h6-9,12-13,16H,5,10-11H2,1-4H3,(H,22,23). The predicted octanol–water partition coefficient (Wildman–Crippen LogP) is 3.46. The minimum atomic E-state index is -0.640. The van der Waals surface area contributed by atoms with Crippen molar-refractivity contribution in [1.29, 1.82) is 0 Å². The highest BCUT2D eigenvalue weighted by molar-refractivity contribution is 7.13. The Morgan fingerprint density at radius 3 is 2.67 bits per heavy atom. The lowest BCUT2D eigenvalue weighted by Gasteiger charge is -2.18. The van der Waals surface area contributed by atoms with Gasteiger partial charge >= 0.3 is 5.97 Å². The minimum absolute atomic E-state index is 0.110. The zero-order chi connectivity index (χ0) is 19.8. The number of aromatic nitrogens is 1. The molecule has 1 aromatic carbocycles. The van der Waals surface area contributed by atoms with Crippen LogP contribution in [0.4, 0.5) is 0 Å². The summed E-state index contributed by atoms with van der Waals surface area (Å²) < 4.78 is 10.4. The lowest BCUT2D eigenvalue weighted by atomic mass is 10.0. The van der Waals surface area contributed by atoms with Crippen molar-refractivity contribution < 1.29 is 19.1 Å². The molecule has 146 valence electrons. The van der Waals surface area contributed by atoms with Gasteiger partial charge in [-0.05, 0) is 31.4 Å². The highest BCUT2D eigenvalue weighted by atomic mass is 32.1. The zero-order valence-corrected chi connectivity index (χ0v) is 17.0. The number of methoxy groups -OCH3 is 1. The molecule has 0 aliphatic heterocycles.